The number of hydrogen-bond acceptors (Lipinski definition) is 8. The van der Waals surface area contributed by atoms with E-state index in [0.717, 1.165) is 50.9 Å². The molecular formula is C23H35N7O3. The Labute approximate surface area is 194 Å². The summed E-state index contributed by atoms with van der Waals surface area (Å²) in [7, 11) is 0. The normalized spacial score (nSPS) is 15.8. The minimum atomic E-state index is -0.443. The lowest BCUT2D eigenvalue weighted by Gasteiger charge is -2.29. The molecule has 2 aromatic rings. The number of aliphatic hydroxyl groups is 1. The minimum absolute atomic E-state index is 0.188. The zero-order chi connectivity index (χ0) is 23.6. The zero-order valence-electron chi connectivity index (χ0n) is 19.2. The first-order valence-electron chi connectivity index (χ1n) is 11.6. The van der Waals surface area contributed by atoms with Gasteiger partial charge in [-0.2, -0.15) is 4.98 Å². The van der Waals surface area contributed by atoms with Crippen LogP contribution in [0.15, 0.2) is 35.4 Å². The highest BCUT2D eigenvalue weighted by atomic mass is 16.3. The lowest BCUT2D eigenvalue weighted by molar-refractivity contribution is -0.125. The van der Waals surface area contributed by atoms with Crippen molar-refractivity contribution < 1.29 is 9.90 Å². The number of likely N-dealkylation sites (tertiary alicyclic amines) is 1. The van der Waals surface area contributed by atoms with Crippen LogP contribution in [0.4, 0.5) is 11.6 Å². The van der Waals surface area contributed by atoms with E-state index >= 15 is 0 Å². The molecule has 10 nitrogen and oxygen atoms in total. The SMILES string of the molecule is CC(CO)C(=O)NCc1ccc(Nc2ccn(CCCCN3CCC(N)CC3)c(=O)n2)nc1. The summed E-state index contributed by atoms with van der Waals surface area (Å²) < 4.78 is 1.63. The zero-order valence-corrected chi connectivity index (χ0v) is 19.2. The van der Waals surface area contributed by atoms with Crippen molar-refractivity contribution >= 4 is 17.5 Å². The van der Waals surface area contributed by atoms with Crippen molar-refractivity contribution in [3.8, 4) is 0 Å². The number of aliphatic hydroxyl groups excluding tert-OH is 1. The van der Waals surface area contributed by atoms with Gasteiger partial charge in [0.2, 0.25) is 5.91 Å². The fraction of sp³-hybridized carbons (Fsp3) is 0.565. The second kappa shape index (κ2) is 12.4. The molecule has 0 spiro atoms. The number of nitrogens with zero attached hydrogens (tertiary/aromatic N) is 4. The maximum atomic E-state index is 12.4. The lowest BCUT2D eigenvalue weighted by Crippen LogP contribution is -2.40. The fourth-order valence-electron chi connectivity index (χ4n) is 3.64. The third-order valence-electron chi connectivity index (χ3n) is 5.90. The number of unbranched alkanes of at least 4 members (excludes halogenated alkanes) is 1. The third kappa shape index (κ3) is 7.92. The Morgan fingerprint density at radius 1 is 1.21 bits per heavy atom. The van der Waals surface area contributed by atoms with E-state index in [1.807, 2.05) is 6.07 Å². The van der Waals surface area contributed by atoms with Crippen LogP contribution in [-0.2, 0) is 17.9 Å². The average Bonchev–Trinajstić information content (AvgIpc) is 2.83. The van der Waals surface area contributed by atoms with Gasteiger partial charge in [-0.25, -0.2) is 9.78 Å². The van der Waals surface area contributed by atoms with Gasteiger partial charge < -0.3 is 26.4 Å². The van der Waals surface area contributed by atoms with Crippen molar-refractivity contribution in [1.82, 2.24) is 24.8 Å². The Bertz CT molecular complexity index is 940. The van der Waals surface area contributed by atoms with Gasteiger partial charge in [0.25, 0.3) is 0 Å². The van der Waals surface area contributed by atoms with Crippen LogP contribution in [0, 0.1) is 5.92 Å². The lowest BCUT2D eigenvalue weighted by atomic mass is 10.1. The van der Waals surface area contributed by atoms with Gasteiger partial charge in [-0.3, -0.25) is 9.36 Å². The first-order valence-corrected chi connectivity index (χ1v) is 11.6. The molecule has 1 atom stereocenters. The van der Waals surface area contributed by atoms with E-state index in [9.17, 15) is 9.59 Å². The number of rotatable bonds is 11. The molecule has 1 saturated heterocycles. The number of nitrogens with two attached hydrogens (primary N) is 1. The number of aromatic nitrogens is 3. The molecule has 1 amide bonds. The molecule has 5 N–H and O–H groups in total. The largest absolute Gasteiger partial charge is 0.396 e. The van der Waals surface area contributed by atoms with E-state index < -0.39 is 5.92 Å². The second-order valence-electron chi connectivity index (χ2n) is 8.65. The number of carbonyl (C=O) groups excluding carboxylic acids is 1. The summed E-state index contributed by atoms with van der Waals surface area (Å²) in [5.41, 5.74) is 6.48. The number of pyridine rings is 1. The smallest absolute Gasteiger partial charge is 0.349 e. The summed E-state index contributed by atoms with van der Waals surface area (Å²) in [6.45, 7) is 5.62. The van der Waals surface area contributed by atoms with Gasteiger partial charge in [-0.1, -0.05) is 13.0 Å². The maximum absolute atomic E-state index is 12.4. The molecule has 3 heterocycles. The Kier molecular flexibility index (Phi) is 9.35. The van der Waals surface area contributed by atoms with Crippen LogP contribution in [0.25, 0.3) is 0 Å². The molecule has 0 bridgehead atoms. The molecule has 180 valence electrons. The van der Waals surface area contributed by atoms with Gasteiger partial charge in [0.05, 0.1) is 12.5 Å². The number of hydrogen-bond donors (Lipinski definition) is 4. The van der Waals surface area contributed by atoms with Crippen molar-refractivity contribution in [3.63, 3.8) is 0 Å². The number of piperidine rings is 1. The Hall–Kier alpha value is -2.82. The van der Waals surface area contributed by atoms with Crippen LogP contribution in [0.3, 0.4) is 0 Å². The van der Waals surface area contributed by atoms with Gasteiger partial charge >= 0.3 is 5.69 Å². The molecule has 1 aliphatic heterocycles. The van der Waals surface area contributed by atoms with Gasteiger partial charge in [0.15, 0.2) is 0 Å². The molecule has 0 aromatic carbocycles. The van der Waals surface area contributed by atoms with Crippen LogP contribution in [0.5, 0.6) is 0 Å². The van der Waals surface area contributed by atoms with Crippen molar-refractivity contribution in [2.24, 2.45) is 11.7 Å². The molecule has 1 unspecified atom stereocenters. The van der Waals surface area contributed by atoms with Crippen molar-refractivity contribution in [2.75, 3.05) is 31.6 Å². The highest BCUT2D eigenvalue weighted by Gasteiger charge is 2.15. The van der Waals surface area contributed by atoms with Crippen molar-refractivity contribution in [3.05, 3.63) is 46.6 Å². The predicted molar refractivity (Wildman–Crippen MR) is 127 cm³/mol. The highest BCUT2D eigenvalue weighted by molar-refractivity contribution is 5.78. The number of nitrogens with one attached hydrogen (secondary N) is 2. The van der Waals surface area contributed by atoms with Crippen molar-refractivity contribution in [1.29, 1.82) is 0 Å². The summed E-state index contributed by atoms with van der Waals surface area (Å²) in [6, 6.07) is 5.70. The van der Waals surface area contributed by atoms with Gasteiger partial charge in [0, 0.05) is 31.5 Å². The summed E-state index contributed by atoms with van der Waals surface area (Å²) >= 11 is 0. The average molecular weight is 458 g/mol. The topological polar surface area (TPSA) is 138 Å². The van der Waals surface area contributed by atoms with Crippen LogP contribution in [0.2, 0.25) is 0 Å². The molecular weight excluding hydrogens is 422 g/mol. The maximum Gasteiger partial charge on any atom is 0.349 e. The van der Waals surface area contributed by atoms with Crippen LogP contribution >= 0.6 is 0 Å². The summed E-state index contributed by atoms with van der Waals surface area (Å²) in [5, 5.41) is 14.8. The predicted octanol–water partition coefficient (Wildman–Crippen LogP) is 0.830. The monoisotopic (exact) mass is 457 g/mol. The third-order valence-corrected chi connectivity index (χ3v) is 5.90. The van der Waals surface area contributed by atoms with E-state index in [4.69, 9.17) is 10.8 Å². The standard InChI is InChI=1S/C23H35N7O3/c1-17(16-31)22(32)26-15-18-4-5-20(25-14-18)27-21-8-13-30(23(33)28-21)10-3-2-9-29-11-6-19(24)7-12-29/h4-5,8,13-14,17,19,31H,2-3,6-7,9-12,15-16,24H2,1H3,(H,26,32)(H,25,27,28,33). The van der Waals surface area contributed by atoms with Gasteiger partial charge in [0.1, 0.15) is 11.6 Å². The van der Waals surface area contributed by atoms with Crippen LogP contribution in [0.1, 0.15) is 38.2 Å². The quantitative estimate of drug-likeness (QED) is 0.364. The summed E-state index contributed by atoms with van der Waals surface area (Å²) in [6.07, 6.45) is 7.49. The fourth-order valence-corrected chi connectivity index (χ4v) is 3.64. The highest BCUT2D eigenvalue weighted by Crippen LogP contribution is 2.12. The molecule has 2 aromatic heterocycles. The van der Waals surface area contributed by atoms with Crippen LogP contribution in [-0.4, -0.2) is 62.7 Å². The van der Waals surface area contributed by atoms with Gasteiger partial charge in [-0.05, 0) is 63.0 Å². The van der Waals surface area contributed by atoms with E-state index in [-0.39, 0.29) is 18.2 Å². The first kappa shape index (κ1) is 24.8. The molecule has 0 saturated carbocycles. The van der Waals surface area contributed by atoms with E-state index in [1.54, 1.807) is 36.0 Å². The minimum Gasteiger partial charge on any atom is -0.396 e. The number of aryl methyl sites for hydroxylation is 1. The number of amides is 1. The number of carbonyl (C=O) groups is 1. The van der Waals surface area contributed by atoms with E-state index in [0.29, 0.717) is 30.8 Å². The molecule has 0 radical (unpaired) electrons. The molecule has 10 heteroatoms. The summed E-state index contributed by atoms with van der Waals surface area (Å²) in [4.78, 5) is 34.9. The Balaban J connectivity index is 1.43. The van der Waals surface area contributed by atoms with Gasteiger partial charge in [-0.15, -0.1) is 0 Å². The second-order valence-corrected chi connectivity index (χ2v) is 8.65. The number of anilines is 2. The van der Waals surface area contributed by atoms with Crippen molar-refractivity contribution in [2.45, 2.75) is 51.7 Å². The molecule has 3 rings (SSSR count). The first-order chi connectivity index (χ1) is 15.9. The Morgan fingerprint density at radius 3 is 2.64 bits per heavy atom. The molecule has 33 heavy (non-hydrogen) atoms. The van der Waals surface area contributed by atoms with E-state index in [2.05, 4.69) is 25.5 Å². The molecule has 1 aliphatic rings. The Morgan fingerprint density at radius 2 is 1.97 bits per heavy atom. The van der Waals surface area contributed by atoms with Crippen LogP contribution < -0.4 is 22.1 Å². The summed E-state index contributed by atoms with van der Waals surface area (Å²) in [5.74, 6) is 0.341. The molecule has 1 fully saturated rings. The molecule has 0 aliphatic carbocycles. The van der Waals surface area contributed by atoms with E-state index in [1.165, 1.54) is 0 Å².